The lowest BCUT2D eigenvalue weighted by atomic mass is 10.1. The summed E-state index contributed by atoms with van der Waals surface area (Å²) in [6, 6.07) is 7.12. The van der Waals surface area contributed by atoms with Crippen molar-refractivity contribution in [2.45, 2.75) is 39.3 Å². The van der Waals surface area contributed by atoms with E-state index < -0.39 is 11.2 Å². The number of H-pyrrole nitrogens is 1. The van der Waals surface area contributed by atoms with E-state index in [0.29, 0.717) is 24.4 Å². The fourth-order valence-corrected chi connectivity index (χ4v) is 3.70. The van der Waals surface area contributed by atoms with Gasteiger partial charge >= 0.3 is 5.69 Å². The Balaban J connectivity index is 1.75. The maximum absolute atomic E-state index is 12.9. The van der Waals surface area contributed by atoms with Gasteiger partial charge in [-0.1, -0.05) is 35.9 Å². The molecule has 0 saturated heterocycles. The first-order valence-electron chi connectivity index (χ1n) is 9.71. The molecule has 0 atom stereocenters. The second-order valence-corrected chi connectivity index (χ2v) is 7.74. The zero-order valence-corrected chi connectivity index (χ0v) is 18.4. The summed E-state index contributed by atoms with van der Waals surface area (Å²) in [4.78, 5) is 32.4. The van der Waals surface area contributed by atoms with Crippen LogP contribution in [0.3, 0.4) is 0 Å². The predicted octanol–water partition coefficient (Wildman–Crippen LogP) is 3.46. The summed E-state index contributed by atoms with van der Waals surface area (Å²) < 4.78 is 2.54. The van der Waals surface area contributed by atoms with Crippen molar-refractivity contribution in [2.75, 3.05) is 6.54 Å². The van der Waals surface area contributed by atoms with Gasteiger partial charge in [0.2, 0.25) is 5.28 Å². The number of amidine groups is 1. The fourth-order valence-electron chi connectivity index (χ4n) is 3.32. The molecule has 0 saturated carbocycles. The molecule has 2 aromatic heterocycles. The molecule has 0 aliphatic rings. The highest BCUT2D eigenvalue weighted by molar-refractivity contribution is 6.30. The minimum absolute atomic E-state index is 0.0442. The minimum Gasteiger partial charge on any atom is -0.323 e. The van der Waals surface area contributed by atoms with Crippen LogP contribution in [0.2, 0.25) is 10.3 Å². The molecule has 2 heterocycles. The Morgan fingerprint density at radius 1 is 1.26 bits per heavy atom. The first kappa shape index (κ1) is 22.7. The van der Waals surface area contributed by atoms with E-state index >= 15 is 0 Å². The second-order valence-electron chi connectivity index (χ2n) is 6.95. The standard InChI is InChI=1S/C19H22Cl2N8O2/c1-2-7-27-16-15(24-18(21)25-16)17(30)28(19(27)31)8-4-9-29(26-23)14(22)11-12-5-3-6-13(20)10-12/h3,5-6,10,22-23H,2,4,7-9,11H2,1H3,(H,24,25). The summed E-state index contributed by atoms with van der Waals surface area (Å²) in [5.41, 5.74) is 7.66. The number of nitrogens with one attached hydrogen (secondary N) is 3. The van der Waals surface area contributed by atoms with E-state index in [4.69, 9.17) is 34.1 Å². The molecule has 0 unspecified atom stereocenters. The van der Waals surface area contributed by atoms with E-state index in [2.05, 4.69) is 15.2 Å². The number of benzene rings is 1. The van der Waals surface area contributed by atoms with E-state index in [1.54, 1.807) is 18.2 Å². The molecule has 0 spiro atoms. The second kappa shape index (κ2) is 9.88. The molecule has 3 aromatic rings. The quantitative estimate of drug-likeness (QED) is 0.147. The molecule has 1 aromatic carbocycles. The van der Waals surface area contributed by atoms with Gasteiger partial charge in [-0.05, 0) is 42.1 Å². The van der Waals surface area contributed by atoms with E-state index in [1.165, 1.54) is 9.58 Å². The largest absolute Gasteiger partial charge is 0.332 e. The third kappa shape index (κ3) is 5.02. The van der Waals surface area contributed by atoms with Crippen LogP contribution < -0.4 is 11.2 Å². The van der Waals surface area contributed by atoms with Crippen molar-refractivity contribution >= 4 is 40.2 Å². The molecule has 0 radical (unpaired) electrons. The van der Waals surface area contributed by atoms with E-state index in [9.17, 15) is 9.59 Å². The van der Waals surface area contributed by atoms with Crippen molar-refractivity contribution in [2.24, 2.45) is 5.22 Å². The molecule has 10 nitrogen and oxygen atoms in total. The summed E-state index contributed by atoms with van der Waals surface area (Å²) in [7, 11) is 0. The maximum atomic E-state index is 12.9. The highest BCUT2D eigenvalue weighted by Crippen LogP contribution is 2.13. The summed E-state index contributed by atoms with van der Waals surface area (Å²) in [6.07, 6.45) is 1.27. The first-order chi connectivity index (χ1) is 14.8. The highest BCUT2D eigenvalue weighted by atomic mass is 35.5. The van der Waals surface area contributed by atoms with Gasteiger partial charge in [-0.15, -0.1) is 0 Å². The molecular weight excluding hydrogens is 443 g/mol. The predicted molar refractivity (Wildman–Crippen MR) is 119 cm³/mol. The van der Waals surface area contributed by atoms with Crippen LogP contribution in [0.25, 0.3) is 11.2 Å². The monoisotopic (exact) mass is 464 g/mol. The fraction of sp³-hybridized carbons (Fsp3) is 0.368. The molecule has 0 amide bonds. The van der Waals surface area contributed by atoms with E-state index in [1.807, 2.05) is 13.0 Å². The van der Waals surface area contributed by atoms with Crippen LogP contribution in [0.15, 0.2) is 39.1 Å². The molecule has 164 valence electrons. The van der Waals surface area contributed by atoms with Crippen LogP contribution >= 0.6 is 23.2 Å². The van der Waals surface area contributed by atoms with Crippen molar-refractivity contribution in [1.82, 2.24) is 24.1 Å². The van der Waals surface area contributed by atoms with E-state index in [0.717, 1.165) is 10.1 Å². The number of halogens is 2. The van der Waals surface area contributed by atoms with Crippen LogP contribution in [0.1, 0.15) is 25.3 Å². The van der Waals surface area contributed by atoms with Gasteiger partial charge in [0, 0.05) is 31.1 Å². The third-order valence-electron chi connectivity index (χ3n) is 4.72. The summed E-state index contributed by atoms with van der Waals surface area (Å²) >= 11 is 11.9. The topological polar surface area (TPSA) is 136 Å². The molecule has 12 heteroatoms. The lowest BCUT2D eigenvalue weighted by Gasteiger charge is -2.18. The zero-order chi connectivity index (χ0) is 22.5. The van der Waals surface area contributed by atoms with Crippen LogP contribution in [-0.4, -0.2) is 36.5 Å². The number of aryl methyl sites for hydroxylation is 1. The van der Waals surface area contributed by atoms with Gasteiger partial charge < -0.3 is 4.98 Å². The Morgan fingerprint density at radius 3 is 2.71 bits per heavy atom. The Hall–Kier alpha value is -2.98. The lowest BCUT2D eigenvalue weighted by Crippen LogP contribution is -2.41. The first-order valence-corrected chi connectivity index (χ1v) is 10.5. The van der Waals surface area contributed by atoms with Gasteiger partial charge in [0.15, 0.2) is 11.2 Å². The van der Waals surface area contributed by atoms with Crippen molar-refractivity contribution in [1.29, 1.82) is 10.9 Å². The van der Waals surface area contributed by atoms with Crippen LogP contribution in [0, 0.1) is 10.9 Å². The molecule has 0 fully saturated rings. The van der Waals surface area contributed by atoms with Crippen molar-refractivity contribution in [3.8, 4) is 0 Å². The van der Waals surface area contributed by atoms with Crippen LogP contribution in [0.4, 0.5) is 0 Å². The summed E-state index contributed by atoms with van der Waals surface area (Å²) in [5, 5.41) is 13.5. The molecule has 31 heavy (non-hydrogen) atoms. The average molecular weight is 465 g/mol. The van der Waals surface area contributed by atoms with Gasteiger partial charge in [-0.2, -0.15) is 10.5 Å². The number of hydrogen-bond acceptors (Lipinski definition) is 6. The Bertz CT molecular complexity index is 1230. The van der Waals surface area contributed by atoms with Crippen LogP contribution in [0.5, 0.6) is 0 Å². The zero-order valence-electron chi connectivity index (χ0n) is 16.9. The molecule has 0 bridgehead atoms. The van der Waals surface area contributed by atoms with Gasteiger partial charge in [0.05, 0.1) is 0 Å². The number of hydrogen-bond donors (Lipinski definition) is 3. The van der Waals surface area contributed by atoms with Crippen molar-refractivity contribution in [3.63, 3.8) is 0 Å². The number of imidazole rings is 1. The molecular formula is C19H22Cl2N8O2. The molecule has 0 aliphatic carbocycles. The Morgan fingerprint density at radius 2 is 2.03 bits per heavy atom. The van der Waals surface area contributed by atoms with Gasteiger partial charge in [0.1, 0.15) is 5.84 Å². The van der Waals surface area contributed by atoms with Crippen molar-refractivity contribution < 1.29 is 0 Å². The van der Waals surface area contributed by atoms with Crippen LogP contribution in [-0.2, 0) is 19.5 Å². The number of nitrogens with zero attached hydrogens (tertiary/aromatic N) is 5. The number of aromatic amines is 1. The van der Waals surface area contributed by atoms with Crippen molar-refractivity contribution in [3.05, 3.63) is 61.0 Å². The minimum atomic E-state index is -0.505. The molecule has 0 aliphatic heterocycles. The summed E-state index contributed by atoms with van der Waals surface area (Å²) in [5.74, 6) is 0.115. The Kier molecular flexibility index (Phi) is 7.24. The maximum Gasteiger partial charge on any atom is 0.332 e. The lowest BCUT2D eigenvalue weighted by molar-refractivity contribution is 0.371. The van der Waals surface area contributed by atoms with Gasteiger partial charge in [0.25, 0.3) is 5.56 Å². The smallest absolute Gasteiger partial charge is 0.323 e. The number of fused-ring (bicyclic) bond motifs is 1. The Labute approximate surface area is 187 Å². The third-order valence-corrected chi connectivity index (χ3v) is 5.14. The summed E-state index contributed by atoms with van der Waals surface area (Å²) in [6.45, 7) is 2.62. The van der Waals surface area contributed by atoms with E-state index in [-0.39, 0.29) is 41.8 Å². The molecule has 3 N–H and O–H groups in total. The average Bonchev–Trinajstić information content (AvgIpc) is 3.12. The number of aromatic nitrogens is 4. The number of rotatable bonds is 9. The SMILES string of the molecule is CCCn1c(=O)n(CCCN(N=N)C(=N)Cc2cccc(Cl)c2)c(=O)c2[nH]c(Cl)nc21. The normalized spacial score (nSPS) is 11.1. The molecule has 3 rings (SSSR count). The van der Waals surface area contributed by atoms with Gasteiger partial charge in [-0.25, -0.2) is 9.80 Å². The van der Waals surface area contributed by atoms with Gasteiger partial charge in [-0.3, -0.25) is 19.3 Å². The highest BCUT2D eigenvalue weighted by Gasteiger charge is 2.17.